The summed E-state index contributed by atoms with van der Waals surface area (Å²) in [7, 11) is -3.77. The molecule has 2 rings (SSSR count). The Hall–Kier alpha value is -1.97. The number of morpholine rings is 1. The van der Waals surface area contributed by atoms with Crippen LogP contribution in [-0.4, -0.2) is 62.5 Å². The maximum Gasteiger partial charge on any atom is 0.338 e. The van der Waals surface area contributed by atoms with Crippen LogP contribution in [0.3, 0.4) is 0 Å². The Morgan fingerprint density at radius 3 is 2.52 bits per heavy atom. The molecule has 150 valence electrons. The van der Waals surface area contributed by atoms with Crippen LogP contribution in [0.5, 0.6) is 0 Å². The van der Waals surface area contributed by atoms with E-state index in [1.807, 2.05) is 13.8 Å². The van der Waals surface area contributed by atoms with E-state index in [4.69, 9.17) is 9.47 Å². The number of nitrogens with one attached hydrogen (secondary N) is 1. The SMILES string of the molecule is CCNC(=O)[C@@H](C)OC(=O)c1cccc(S(=O)(=O)N2C[C@@H](C)O[C@@H](C)C2)c1. The predicted octanol–water partition coefficient (Wildman–Crippen LogP) is 1.17. The van der Waals surface area contributed by atoms with Crippen LogP contribution >= 0.6 is 0 Å². The summed E-state index contributed by atoms with van der Waals surface area (Å²) in [6.45, 7) is 7.76. The van der Waals surface area contributed by atoms with Gasteiger partial charge in [0.1, 0.15) is 0 Å². The number of benzene rings is 1. The molecule has 0 saturated carbocycles. The second-order valence-corrected chi connectivity index (χ2v) is 8.49. The second kappa shape index (κ2) is 8.81. The summed E-state index contributed by atoms with van der Waals surface area (Å²) >= 11 is 0. The number of carbonyl (C=O) groups excluding carboxylic acids is 2. The minimum absolute atomic E-state index is 0.00362. The fourth-order valence-electron chi connectivity index (χ4n) is 2.86. The lowest BCUT2D eigenvalue weighted by Crippen LogP contribution is -2.48. The van der Waals surface area contributed by atoms with E-state index in [2.05, 4.69) is 5.32 Å². The van der Waals surface area contributed by atoms with Crippen LogP contribution in [0.2, 0.25) is 0 Å². The van der Waals surface area contributed by atoms with Gasteiger partial charge in [0, 0.05) is 19.6 Å². The van der Waals surface area contributed by atoms with Gasteiger partial charge in [-0.1, -0.05) is 6.07 Å². The number of hydrogen-bond donors (Lipinski definition) is 1. The smallest absolute Gasteiger partial charge is 0.338 e. The largest absolute Gasteiger partial charge is 0.449 e. The fourth-order valence-corrected chi connectivity index (χ4v) is 4.50. The highest BCUT2D eigenvalue weighted by atomic mass is 32.2. The van der Waals surface area contributed by atoms with Crippen LogP contribution in [0.4, 0.5) is 0 Å². The number of amides is 1. The first-order valence-electron chi connectivity index (χ1n) is 8.89. The minimum atomic E-state index is -3.77. The lowest BCUT2D eigenvalue weighted by molar-refractivity contribution is -0.128. The van der Waals surface area contributed by atoms with Crippen molar-refractivity contribution in [2.45, 2.75) is 50.9 Å². The van der Waals surface area contributed by atoms with E-state index in [-0.39, 0.29) is 35.8 Å². The van der Waals surface area contributed by atoms with E-state index in [1.165, 1.54) is 35.5 Å². The molecule has 1 aliphatic rings. The lowest BCUT2D eigenvalue weighted by Gasteiger charge is -2.34. The number of sulfonamides is 1. The molecule has 8 nitrogen and oxygen atoms in total. The van der Waals surface area contributed by atoms with Gasteiger partial charge in [-0.05, 0) is 45.9 Å². The molecule has 0 bridgehead atoms. The number of likely N-dealkylation sites (N-methyl/N-ethyl adjacent to an activating group) is 1. The standard InChI is InChI=1S/C18H26N2O6S/c1-5-19-17(21)14(4)26-18(22)15-7-6-8-16(9-15)27(23,24)20-10-12(2)25-13(3)11-20/h6-9,12-14H,5,10-11H2,1-4H3,(H,19,21)/t12-,13+,14-/m1/s1. The van der Waals surface area contributed by atoms with Crippen LogP contribution in [0.15, 0.2) is 29.2 Å². The monoisotopic (exact) mass is 398 g/mol. The third kappa shape index (κ3) is 5.27. The molecule has 0 aromatic heterocycles. The Morgan fingerprint density at radius 2 is 1.93 bits per heavy atom. The molecule has 0 unspecified atom stereocenters. The van der Waals surface area contributed by atoms with E-state index in [1.54, 1.807) is 6.92 Å². The fraction of sp³-hybridized carbons (Fsp3) is 0.556. The summed E-state index contributed by atoms with van der Waals surface area (Å²) in [5.74, 6) is -1.17. The Morgan fingerprint density at radius 1 is 1.30 bits per heavy atom. The molecule has 1 aromatic rings. The van der Waals surface area contributed by atoms with E-state index in [0.717, 1.165) is 0 Å². The topological polar surface area (TPSA) is 102 Å². The Kier molecular flexibility index (Phi) is 6.96. The lowest BCUT2D eigenvalue weighted by atomic mass is 10.2. The van der Waals surface area contributed by atoms with Gasteiger partial charge in [-0.15, -0.1) is 0 Å². The first kappa shape index (κ1) is 21.3. The number of rotatable bonds is 6. The van der Waals surface area contributed by atoms with Crippen LogP contribution in [0.25, 0.3) is 0 Å². The molecule has 1 saturated heterocycles. The van der Waals surface area contributed by atoms with Gasteiger partial charge in [0.2, 0.25) is 10.0 Å². The zero-order valence-electron chi connectivity index (χ0n) is 16.0. The average molecular weight is 398 g/mol. The highest BCUT2D eigenvalue weighted by Crippen LogP contribution is 2.22. The number of nitrogens with zero attached hydrogens (tertiary/aromatic N) is 1. The predicted molar refractivity (Wildman–Crippen MR) is 98.8 cm³/mol. The molecule has 9 heteroatoms. The molecular formula is C18H26N2O6S. The normalized spacial score (nSPS) is 22.1. The van der Waals surface area contributed by atoms with Crippen molar-refractivity contribution in [3.63, 3.8) is 0 Å². The van der Waals surface area contributed by atoms with Crippen molar-refractivity contribution in [1.82, 2.24) is 9.62 Å². The van der Waals surface area contributed by atoms with E-state index in [0.29, 0.717) is 6.54 Å². The van der Waals surface area contributed by atoms with Gasteiger partial charge in [0.25, 0.3) is 5.91 Å². The van der Waals surface area contributed by atoms with Crippen LogP contribution in [0.1, 0.15) is 38.1 Å². The van der Waals surface area contributed by atoms with Gasteiger partial charge in [-0.25, -0.2) is 13.2 Å². The first-order chi connectivity index (χ1) is 12.6. The van der Waals surface area contributed by atoms with Gasteiger partial charge in [-0.2, -0.15) is 4.31 Å². The van der Waals surface area contributed by atoms with Gasteiger partial charge in [-0.3, -0.25) is 4.79 Å². The molecule has 1 heterocycles. The first-order valence-corrected chi connectivity index (χ1v) is 10.3. The van der Waals surface area contributed by atoms with Crippen LogP contribution in [0, 0.1) is 0 Å². The van der Waals surface area contributed by atoms with Gasteiger partial charge < -0.3 is 14.8 Å². The number of carbonyl (C=O) groups is 2. The molecule has 1 aromatic carbocycles. The molecule has 1 fully saturated rings. The number of esters is 1. The Labute approximate surface area is 159 Å². The highest BCUT2D eigenvalue weighted by molar-refractivity contribution is 7.89. The quantitative estimate of drug-likeness (QED) is 0.722. The second-order valence-electron chi connectivity index (χ2n) is 6.55. The van der Waals surface area contributed by atoms with Crippen molar-refractivity contribution in [2.75, 3.05) is 19.6 Å². The third-order valence-corrected chi connectivity index (χ3v) is 5.93. The van der Waals surface area contributed by atoms with Crippen molar-refractivity contribution < 1.29 is 27.5 Å². The molecule has 0 spiro atoms. The zero-order valence-corrected chi connectivity index (χ0v) is 16.8. The third-order valence-electron chi connectivity index (χ3n) is 4.10. The van der Waals surface area contributed by atoms with Gasteiger partial charge in [0.05, 0.1) is 22.7 Å². The highest BCUT2D eigenvalue weighted by Gasteiger charge is 2.32. The summed E-state index contributed by atoms with van der Waals surface area (Å²) in [6.07, 6.45) is -1.40. The van der Waals surface area contributed by atoms with E-state index >= 15 is 0 Å². The summed E-state index contributed by atoms with van der Waals surface area (Å²) in [6, 6.07) is 5.64. The molecule has 0 aliphatic carbocycles. The number of ether oxygens (including phenoxy) is 2. The zero-order chi connectivity index (χ0) is 20.2. The minimum Gasteiger partial charge on any atom is -0.449 e. The molecule has 1 amide bonds. The summed E-state index contributed by atoms with van der Waals surface area (Å²) in [5, 5.41) is 2.56. The van der Waals surface area contributed by atoms with Crippen molar-refractivity contribution in [1.29, 1.82) is 0 Å². The van der Waals surface area contributed by atoms with E-state index < -0.39 is 28.0 Å². The van der Waals surface area contributed by atoms with Crippen LogP contribution < -0.4 is 5.32 Å². The van der Waals surface area contributed by atoms with E-state index in [9.17, 15) is 18.0 Å². The van der Waals surface area contributed by atoms with Crippen molar-refractivity contribution in [2.24, 2.45) is 0 Å². The summed E-state index contributed by atoms with van der Waals surface area (Å²) in [5.41, 5.74) is 0.0709. The summed E-state index contributed by atoms with van der Waals surface area (Å²) in [4.78, 5) is 24.0. The molecule has 1 N–H and O–H groups in total. The van der Waals surface area contributed by atoms with Gasteiger partial charge >= 0.3 is 5.97 Å². The molecule has 1 aliphatic heterocycles. The molecule has 3 atom stereocenters. The van der Waals surface area contributed by atoms with Crippen molar-refractivity contribution in [3.8, 4) is 0 Å². The molecular weight excluding hydrogens is 372 g/mol. The van der Waals surface area contributed by atoms with Crippen molar-refractivity contribution in [3.05, 3.63) is 29.8 Å². The Bertz CT molecular complexity index is 785. The van der Waals surface area contributed by atoms with Crippen LogP contribution in [-0.2, 0) is 24.3 Å². The maximum absolute atomic E-state index is 12.9. The number of hydrogen-bond acceptors (Lipinski definition) is 6. The maximum atomic E-state index is 12.9. The molecule has 0 radical (unpaired) electrons. The molecule has 27 heavy (non-hydrogen) atoms. The van der Waals surface area contributed by atoms with Crippen molar-refractivity contribution >= 4 is 21.9 Å². The summed E-state index contributed by atoms with van der Waals surface area (Å²) < 4.78 is 37.9. The average Bonchev–Trinajstić information content (AvgIpc) is 2.61. The van der Waals surface area contributed by atoms with Gasteiger partial charge in [0.15, 0.2) is 6.10 Å². The Balaban J connectivity index is 2.18.